The SMILES string of the molecule is Cn1ccc(-n2nnnc2-c2cc(N)cc(Cl)c2)n1. The Morgan fingerprint density at radius 1 is 1.26 bits per heavy atom. The summed E-state index contributed by atoms with van der Waals surface area (Å²) >= 11 is 5.99. The molecule has 2 N–H and O–H groups in total. The van der Waals surface area contributed by atoms with Crippen LogP contribution in [0, 0.1) is 0 Å². The van der Waals surface area contributed by atoms with Crippen molar-refractivity contribution in [1.29, 1.82) is 0 Å². The number of aromatic nitrogens is 6. The van der Waals surface area contributed by atoms with Gasteiger partial charge < -0.3 is 5.73 Å². The number of rotatable bonds is 2. The quantitative estimate of drug-likeness (QED) is 0.712. The smallest absolute Gasteiger partial charge is 0.189 e. The summed E-state index contributed by atoms with van der Waals surface area (Å²) in [5.41, 5.74) is 7.07. The molecule has 0 fully saturated rings. The third-order valence-electron chi connectivity index (χ3n) is 2.56. The molecule has 96 valence electrons. The molecular formula is C11H10ClN7. The molecule has 0 unspecified atom stereocenters. The molecule has 19 heavy (non-hydrogen) atoms. The monoisotopic (exact) mass is 275 g/mol. The Morgan fingerprint density at radius 3 is 2.79 bits per heavy atom. The van der Waals surface area contributed by atoms with Gasteiger partial charge in [-0.15, -0.1) is 5.10 Å². The van der Waals surface area contributed by atoms with Crippen LogP contribution in [-0.2, 0) is 7.05 Å². The van der Waals surface area contributed by atoms with E-state index in [-0.39, 0.29) is 0 Å². The van der Waals surface area contributed by atoms with E-state index in [1.54, 1.807) is 22.9 Å². The fraction of sp³-hybridized carbons (Fsp3) is 0.0909. The van der Waals surface area contributed by atoms with Crippen LogP contribution in [0.5, 0.6) is 0 Å². The molecule has 0 saturated heterocycles. The van der Waals surface area contributed by atoms with Crippen LogP contribution in [0.25, 0.3) is 17.2 Å². The largest absolute Gasteiger partial charge is 0.399 e. The molecule has 0 bridgehead atoms. The second kappa shape index (κ2) is 4.36. The molecular weight excluding hydrogens is 266 g/mol. The third kappa shape index (κ3) is 2.15. The van der Waals surface area contributed by atoms with Crippen LogP contribution < -0.4 is 5.73 Å². The molecule has 0 aliphatic carbocycles. The van der Waals surface area contributed by atoms with Crippen molar-refractivity contribution in [3.8, 4) is 17.2 Å². The molecule has 0 atom stereocenters. The molecule has 0 aliphatic heterocycles. The molecule has 0 saturated carbocycles. The zero-order chi connectivity index (χ0) is 13.4. The van der Waals surface area contributed by atoms with Crippen LogP contribution in [0.3, 0.4) is 0 Å². The summed E-state index contributed by atoms with van der Waals surface area (Å²) in [6, 6.07) is 6.99. The molecule has 8 heteroatoms. The number of nitrogens with two attached hydrogens (primary N) is 1. The second-order valence-corrected chi connectivity index (χ2v) is 4.47. The summed E-state index contributed by atoms with van der Waals surface area (Å²) in [5, 5.41) is 16.4. The van der Waals surface area contributed by atoms with E-state index in [0.717, 1.165) is 5.56 Å². The lowest BCUT2D eigenvalue weighted by molar-refractivity contribution is 0.715. The standard InChI is InChI=1S/C11H10ClN7/c1-18-3-2-10(15-18)19-11(14-16-17-19)7-4-8(12)6-9(13)5-7/h2-6H,13H2,1H3. The first-order valence-electron chi connectivity index (χ1n) is 5.48. The Bertz CT molecular complexity index is 710. The first-order valence-corrected chi connectivity index (χ1v) is 5.86. The van der Waals surface area contributed by atoms with Crippen LogP contribution in [0.4, 0.5) is 5.69 Å². The minimum Gasteiger partial charge on any atom is -0.399 e. The maximum atomic E-state index is 5.99. The maximum absolute atomic E-state index is 5.99. The second-order valence-electron chi connectivity index (χ2n) is 4.04. The molecule has 0 amide bonds. The number of hydrogen-bond acceptors (Lipinski definition) is 5. The lowest BCUT2D eigenvalue weighted by atomic mass is 10.2. The van der Waals surface area contributed by atoms with Crippen molar-refractivity contribution in [2.24, 2.45) is 7.05 Å². The van der Waals surface area contributed by atoms with Gasteiger partial charge in [-0.1, -0.05) is 11.6 Å². The number of anilines is 1. The molecule has 3 aromatic rings. The Labute approximate surface area is 113 Å². The van der Waals surface area contributed by atoms with E-state index in [9.17, 15) is 0 Å². The first kappa shape index (κ1) is 11.7. The van der Waals surface area contributed by atoms with Gasteiger partial charge in [-0.25, -0.2) is 0 Å². The average molecular weight is 276 g/mol. The van der Waals surface area contributed by atoms with E-state index in [4.69, 9.17) is 17.3 Å². The van der Waals surface area contributed by atoms with Gasteiger partial charge in [0.05, 0.1) is 0 Å². The van der Waals surface area contributed by atoms with Crippen molar-refractivity contribution in [3.63, 3.8) is 0 Å². The highest BCUT2D eigenvalue weighted by Crippen LogP contribution is 2.25. The molecule has 0 spiro atoms. The van der Waals surface area contributed by atoms with Crippen molar-refractivity contribution in [3.05, 3.63) is 35.5 Å². The molecule has 7 nitrogen and oxygen atoms in total. The van der Waals surface area contributed by atoms with Crippen LogP contribution in [0.1, 0.15) is 0 Å². The number of hydrogen-bond donors (Lipinski definition) is 1. The van der Waals surface area contributed by atoms with E-state index in [1.165, 1.54) is 4.68 Å². The summed E-state index contributed by atoms with van der Waals surface area (Å²) in [6.45, 7) is 0. The van der Waals surface area contributed by atoms with Gasteiger partial charge in [-0.3, -0.25) is 4.68 Å². The van der Waals surface area contributed by atoms with E-state index < -0.39 is 0 Å². The van der Waals surface area contributed by atoms with Crippen LogP contribution in [0.2, 0.25) is 5.02 Å². The Morgan fingerprint density at radius 2 is 2.11 bits per heavy atom. The number of nitrogen functional groups attached to an aromatic ring is 1. The highest BCUT2D eigenvalue weighted by Gasteiger charge is 2.13. The van der Waals surface area contributed by atoms with Gasteiger partial charge in [0.25, 0.3) is 0 Å². The van der Waals surface area contributed by atoms with E-state index in [0.29, 0.717) is 22.4 Å². The number of tetrazole rings is 1. The normalized spacial score (nSPS) is 10.8. The molecule has 0 radical (unpaired) electrons. The lowest BCUT2D eigenvalue weighted by Crippen LogP contribution is -2.02. The van der Waals surface area contributed by atoms with Crippen molar-refractivity contribution >= 4 is 17.3 Å². The van der Waals surface area contributed by atoms with E-state index >= 15 is 0 Å². The zero-order valence-electron chi connectivity index (χ0n) is 10.0. The predicted octanol–water partition coefficient (Wildman–Crippen LogP) is 1.30. The summed E-state index contributed by atoms with van der Waals surface area (Å²) in [6.07, 6.45) is 1.81. The minimum absolute atomic E-state index is 0.533. The van der Waals surface area contributed by atoms with Gasteiger partial charge in [0.15, 0.2) is 11.6 Å². The fourth-order valence-electron chi connectivity index (χ4n) is 1.78. The Kier molecular flexibility index (Phi) is 2.68. The number of nitrogens with zero attached hydrogens (tertiary/aromatic N) is 6. The summed E-state index contributed by atoms with van der Waals surface area (Å²) in [4.78, 5) is 0. The molecule has 1 aromatic carbocycles. The van der Waals surface area contributed by atoms with Gasteiger partial charge in [0.1, 0.15) is 0 Å². The Balaban J connectivity index is 2.14. The van der Waals surface area contributed by atoms with Crippen LogP contribution in [-0.4, -0.2) is 30.0 Å². The predicted molar refractivity (Wildman–Crippen MR) is 70.8 cm³/mol. The molecule has 0 aliphatic rings. The average Bonchev–Trinajstić information content (AvgIpc) is 2.95. The topological polar surface area (TPSA) is 87.4 Å². The van der Waals surface area contributed by atoms with Gasteiger partial charge in [-0.05, 0) is 28.6 Å². The number of halogens is 1. The maximum Gasteiger partial charge on any atom is 0.189 e. The van der Waals surface area contributed by atoms with Gasteiger partial charge in [0.2, 0.25) is 0 Å². The van der Waals surface area contributed by atoms with Gasteiger partial charge in [0, 0.05) is 35.6 Å². The minimum atomic E-state index is 0.533. The van der Waals surface area contributed by atoms with E-state index in [1.807, 2.05) is 19.3 Å². The van der Waals surface area contributed by atoms with E-state index in [2.05, 4.69) is 20.6 Å². The van der Waals surface area contributed by atoms with Crippen molar-refractivity contribution in [2.45, 2.75) is 0 Å². The van der Waals surface area contributed by atoms with Crippen LogP contribution >= 0.6 is 11.6 Å². The molecule has 2 aromatic heterocycles. The molecule has 2 heterocycles. The Hall–Kier alpha value is -2.41. The van der Waals surface area contributed by atoms with Crippen molar-refractivity contribution < 1.29 is 0 Å². The highest BCUT2D eigenvalue weighted by atomic mass is 35.5. The summed E-state index contributed by atoms with van der Waals surface area (Å²) in [7, 11) is 1.82. The van der Waals surface area contributed by atoms with Crippen LogP contribution in [0.15, 0.2) is 30.5 Å². The van der Waals surface area contributed by atoms with Crippen molar-refractivity contribution in [2.75, 3.05) is 5.73 Å². The summed E-state index contributed by atoms with van der Waals surface area (Å²) in [5.74, 6) is 1.16. The first-order chi connectivity index (χ1) is 9.13. The molecule has 3 rings (SSSR count). The highest BCUT2D eigenvalue weighted by molar-refractivity contribution is 6.31. The third-order valence-corrected chi connectivity index (χ3v) is 2.78. The summed E-state index contributed by atoms with van der Waals surface area (Å²) < 4.78 is 3.21. The zero-order valence-corrected chi connectivity index (χ0v) is 10.8. The van der Waals surface area contributed by atoms with Gasteiger partial charge >= 0.3 is 0 Å². The van der Waals surface area contributed by atoms with Gasteiger partial charge in [-0.2, -0.15) is 9.78 Å². The number of aryl methyl sites for hydroxylation is 1. The van der Waals surface area contributed by atoms with Crippen molar-refractivity contribution in [1.82, 2.24) is 30.0 Å². The lowest BCUT2D eigenvalue weighted by Gasteiger charge is -2.03. The number of benzene rings is 1. The fourth-order valence-corrected chi connectivity index (χ4v) is 2.02.